The van der Waals surface area contributed by atoms with Crippen LogP contribution >= 0.6 is 0 Å². The van der Waals surface area contributed by atoms with Crippen molar-refractivity contribution in [1.82, 2.24) is 0 Å². The number of fused-ring (bicyclic) bond motifs is 2. The molecular weight excluding hydrogens is 250 g/mol. The number of hydrogen-bond acceptors (Lipinski definition) is 2. The first-order chi connectivity index (χ1) is 8.92. The fourth-order valence-electron chi connectivity index (χ4n) is 3.25. The summed E-state index contributed by atoms with van der Waals surface area (Å²) in [5.41, 5.74) is -0.442. The fraction of sp³-hybridized carbons (Fsp3) is 0.600. The van der Waals surface area contributed by atoms with Gasteiger partial charge in [0, 0.05) is 12.0 Å². The van der Waals surface area contributed by atoms with Gasteiger partial charge in [0.1, 0.15) is 11.6 Å². The Morgan fingerprint density at radius 3 is 2.47 bits per heavy atom. The van der Waals surface area contributed by atoms with E-state index in [1.54, 1.807) is 0 Å². The smallest absolute Gasteiger partial charge is 0.131 e. The first-order valence-electron chi connectivity index (χ1n) is 6.67. The number of hydrogen-bond donors (Lipinski definition) is 0. The third-order valence-electron chi connectivity index (χ3n) is 4.42. The summed E-state index contributed by atoms with van der Waals surface area (Å²) in [6, 6.07) is 3.86. The topological polar surface area (TPSA) is 18.5 Å². The van der Waals surface area contributed by atoms with Crippen molar-refractivity contribution < 1.29 is 18.3 Å². The lowest BCUT2D eigenvalue weighted by molar-refractivity contribution is -0.0833. The van der Waals surface area contributed by atoms with Crippen LogP contribution in [0.15, 0.2) is 18.2 Å². The zero-order chi connectivity index (χ0) is 13.7. The minimum absolute atomic E-state index is 0.000901. The second kappa shape index (κ2) is 4.25. The van der Waals surface area contributed by atoms with E-state index in [1.807, 2.05) is 6.92 Å². The van der Waals surface area contributed by atoms with Crippen LogP contribution in [0.25, 0.3) is 0 Å². The van der Waals surface area contributed by atoms with Gasteiger partial charge in [0.15, 0.2) is 0 Å². The van der Waals surface area contributed by atoms with Crippen molar-refractivity contribution in [1.29, 1.82) is 0 Å². The van der Waals surface area contributed by atoms with Gasteiger partial charge in [-0.15, -0.1) is 0 Å². The van der Waals surface area contributed by atoms with Gasteiger partial charge in [-0.2, -0.15) is 0 Å². The van der Waals surface area contributed by atoms with Gasteiger partial charge in [-0.3, -0.25) is 0 Å². The van der Waals surface area contributed by atoms with Crippen molar-refractivity contribution in [2.24, 2.45) is 0 Å². The maximum Gasteiger partial charge on any atom is 0.131 e. The zero-order valence-corrected chi connectivity index (χ0v) is 11.2. The molecule has 3 atom stereocenters. The van der Waals surface area contributed by atoms with Gasteiger partial charge >= 0.3 is 0 Å². The van der Waals surface area contributed by atoms with Gasteiger partial charge in [0.25, 0.3) is 0 Å². The van der Waals surface area contributed by atoms with Gasteiger partial charge < -0.3 is 9.47 Å². The van der Waals surface area contributed by atoms with Crippen molar-refractivity contribution in [3.63, 3.8) is 0 Å². The normalized spacial score (nSPS) is 36.9. The summed E-state index contributed by atoms with van der Waals surface area (Å²) in [7, 11) is 0. The van der Waals surface area contributed by atoms with E-state index in [9.17, 15) is 8.78 Å². The molecule has 4 heteroatoms. The maximum atomic E-state index is 13.5. The van der Waals surface area contributed by atoms with Crippen molar-refractivity contribution >= 4 is 0 Å². The summed E-state index contributed by atoms with van der Waals surface area (Å²) in [4.78, 5) is 0. The Morgan fingerprint density at radius 2 is 1.95 bits per heavy atom. The summed E-state index contributed by atoms with van der Waals surface area (Å²) < 4.78 is 38.8. The lowest BCUT2D eigenvalue weighted by Gasteiger charge is -2.29. The highest BCUT2D eigenvalue weighted by molar-refractivity contribution is 5.19. The molecule has 1 aromatic rings. The highest BCUT2D eigenvalue weighted by Crippen LogP contribution is 2.51. The molecule has 2 aliphatic heterocycles. The number of benzene rings is 1. The Morgan fingerprint density at radius 1 is 1.26 bits per heavy atom. The monoisotopic (exact) mass is 268 g/mol. The van der Waals surface area contributed by atoms with E-state index in [1.165, 1.54) is 18.2 Å². The molecule has 104 valence electrons. The molecule has 3 rings (SSSR count). The molecule has 0 radical (unpaired) electrons. The van der Waals surface area contributed by atoms with Crippen LogP contribution in [0.4, 0.5) is 8.78 Å². The molecule has 0 aromatic heterocycles. The molecule has 2 saturated heterocycles. The van der Waals surface area contributed by atoms with E-state index in [-0.39, 0.29) is 29.5 Å². The highest BCUT2D eigenvalue weighted by Gasteiger charge is 2.57. The Bertz CT molecular complexity index is 485. The lowest BCUT2D eigenvalue weighted by Crippen LogP contribution is -2.37. The number of rotatable bonds is 3. The largest absolute Gasteiger partial charge is 0.370 e. The maximum absolute atomic E-state index is 13.5. The van der Waals surface area contributed by atoms with Crippen LogP contribution in [0.2, 0.25) is 0 Å². The van der Waals surface area contributed by atoms with Crippen molar-refractivity contribution in [2.45, 2.75) is 57.0 Å². The molecule has 2 nitrogen and oxygen atoms in total. The fourth-order valence-corrected chi connectivity index (χ4v) is 3.25. The zero-order valence-electron chi connectivity index (χ0n) is 11.2. The highest BCUT2D eigenvalue weighted by atomic mass is 19.1. The first-order valence-corrected chi connectivity index (χ1v) is 6.67. The van der Waals surface area contributed by atoms with E-state index in [0.29, 0.717) is 0 Å². The van der Waals surface area contributed by atoms with Crippen LogP contribution in [0.3, 0.4) is 0 Å². The van der Waals surface area contributed by atoms with Crippen molar-refractivity contribution in [3.05, 3.63) is 35.4 Å². The molecule has 0 N–H and O–H groups in total. The standard InChI is InChI=1S/C15H18F2O2/c1-14-6-7-15(2,19-14)13(8-14)18-9-10-11(16)4-3-5-12(10)17/h3-5,13H,6-9H2,1-2H3/t13-,14-,15+/m1/s1. The van der Waals surface area contributed by atoms with Gasteiger partial charge in [-0.25, -0.2) is 8.78 Å². The van der Waals surface area contributed by atoms with E-state index in [0.717, 1.165) is 19.3 Å². The van der Waals surface area contributed by atoms with Gasteiger partial charge in [-0.1, -0.05) is 6.07 Å². The molecule has 0 saturated carbocycles. The molecule has 2 aliphatic rings. The van der Waals surface area contributed by atoms with Crippen LogP contribution < -0.4 is 0 Å². The van der Waals surface area contributed by atoms with E-state index >= 15 is 0 Å². The SMILES string of the molecule is C[C@]12CC[C@](C)(O1)[C@H](OCc1c(F)cccc1F)C2. The minimum Gasteiger partial charge on any atom is -0.370 e. The van der Waals surface area contributed by atoms with Gasteiger partial charge in [0.2, 0.25) is 0 Å². The molecule has 2 fully saturated rings. The third kappa shape index (κ3) is 2.17. The second-order valence-corrected chi connectivity index (χ2v) is 6.07. The predicted octanol–water partition coefficient (Wildman–Crippen LogP) is 3.58. The van der Waals surface area contributed by atoms with Gasteiger partial charge in [0.05, 0.1) is 23.9 Å². The van der Waals surface area contributed by atoms with Crippen LogP contribution in [-0.2, 0) is 16.1 Å². The summed E-state index contributed by atoms with van der Waals surface area (Å²) >= 11 is 0. The first kappa shape index (κ1) is 13.0. The van der Waals surface area contributed by atoms with Crippen LogP contribution in [-0.4, -0.2) is 17.3 Å². The number of halogens is 2. The molecular formula is C15H18F2O2. The second-order valence-electron chi connectivity index (χ2n) is 6.07. The Hall–Kier alpha value is -1.00. The molecule has 0 aliphatic carbocycles. The average molecular weight is 268 g/mol. The van der Waals surface area contributed by atoms with Crippen LogP contribution in [0, 0.1) is 11.6 Å². The average Bonchev–Trinajstić information content (AvgIpc) is 2.77. The molecule has 2 bridgehead atoms. The third-order valence-corrected chi connectivity index (χ3v) is 4.42. The summed E-state index contributed by atoms with van der Waals surface area (Å²) in [6.45, 7) is 4.05. The van der Waals surface area contributed by atoms with Crippen LogP contribution in [0.1, 0.15) is 38.7 Å². The number of ether oxygens (including phenoxy) is 2. The van der Waals surface area contributed by atoms with E-state index in [2.05, 4.69) is 6.92 Å². The molecule has 1 aromatic carbocycles. The molecule has 0 amide bonds. The van der Waals surface area contributed by atoms with Crippen molar-refractivity contribution in [2.75, 3.05) is 0 Å². The van der Waals surface area contributed by atoms with E-state index < -0.39 is 11.6 Å². The molecule has 19 heavy (non-hydrogen) atoms. The molecule has 0 unspecified atom stereocenters. The van der Waals surface area contributed by atoms with E-state index in [4.69, 9.17) is 9.47 Å². The summed E-state index contributed by atoms with van der Waals surface area (Å²) in [6.07, 6.45) is 2.66. The van der Waals surface area contributed by atoms with Crippen LogP contribution in [0.5, 0.6) is 0 Å². The van der Waals surface area contributed by atoms with Crippen molar-refractivity contribution in [3.8, 4) is 0 Å². The quantitative estimate of drug-likeness (QED) is 0.834. The minimum atomic E-state index is -0.555. The predicted molar refractivity (Wildman–Crippen MR) is 66.7 cm³/mol. The van der Waals surface area contributed by atoms with Gasteiger partial charge in [-0.05, 0) is 38.8 Å². The Labute approximate surface area is 111 Å². The molecule has 0 spiro atoms. The molecule has 2 heterocycles. The summed E-state index contributed by atoms with van der Waals surface area (Å²) in [5.74, 6) is -1.11. The summed E-state index contributed by atoms with van der Waals surface area (Å²) in [5, 5.41) is 0. The Balaban J connectivity index is 1.71. The lowest BCUT2D eigenvalue weighted by atomic mass is 9.82. The Kier molecular flexibility index (Phi) is 2.91.